The number of ether oxygens (including phenoxy) is 1. The predicted molar refractivity (Wildman–Crippen MR) is 61.0 cm³/mol. The average Bonchev–Trinajstić information content (AvgIpc) is 2.77. The first-order valence-electron chi connectivity index (χ1n) is 5.50. The molecule has 0 saturated heterocycles. The van der Waals surface area contributed by atoms with Gasteiger partial charge in [-0.1, -0.05) is 0 Å². The van der Waals surface area contributed by atoms with Crippen molar-refractivity contribution in [3.63, 3.8) is 0 Å². The molecule has 1 aromatic heterocycles. The first kappa shape index (κ1) is 12.7. The number of hydrogen-bond acceptors (Lipinski definition) is 4. The predicted octanol–water partition coefficient (Wildman–Crippen LogP) is 1.12. The monoisotopic (exact) mass is 225 g/mol. The maximum atomic E-state index is 10.9. The fourth-order valence-electron chi connectivity index (χ4n) is 1.39. The summed E-state index contributed by atoms with van der Waals surface area (Å²) >= 11 is 0. The average molecular weight is 225 g/mol. The van der Waals surface area contributed by atoms with Crippen molar-refractivity contribution < 1.29 is 9.53 Å². The fourth-order valence-corrected chi connectivity index (χ4v) is 1.39. The van der Waals surface area contributed by atoms with Gasteiger partial charge in [0, 0.05) is 30.9 Å². The molecule has 90 valence electrons. The van der Waals surface area contributed by atoms with Gasteiger partial charge in [-0.05, 0) is 13.8 Å². The lowest BCUT2D eigenvalue weighted by Gasteiger charge is -2.10. The van der Waals surface area contributed by atoms with Crippen molar-refractivity contribution in [1.29, 1.82) is 0 Å². The summed E-state index contributed by atoms with van der Waals surface area (Å²) in [4.78, 5) is 10.9. The number of esters is 1. The van der Waals surface area contributed by atoms with Gasteiger partial charge in [0.15, 0.2) is 0 Å². The SMILES string of the molecule is CCn1cc(C(C)NCCC(=O)OC)cn1. The van der Waals surface area contributed by atoms with Crippen LogP contribution in [0.5, 0.6) is 0 Å². The van der Waals surface area contributed by atoms with Crippen molar-refractivity contribution in [2.45, 2.75) is 32.9 Å². The van der Waals surface area contributed by atoms with E-state index in [2.05, 4.69) is 15.2 Å². The molecule has 1 heterocycles. The van der Waals surface area contributed by atoms with Crippen LogP contribution < -0.4 is 5.32 Å². The Bertz CT molecular complexity index is 336. The first-order chi connectivity index (χ1) is 7.67. The molecule has 0 radical (unpaired) electrons. The lowest BCUT2D eigenvalue weighted by atomic mass is 10.2. The standard InChI is InChI=1S/C11H19N3O2/c1-4-14-8-10(7-13-14)9(2)12-6-5-11(15)16-3/h7-9,12H,4-6H2,1-3H3. The van der Waals surface area contributed by atoms with Gasteiger partial charge in [-0.2, -0.15) is 5.10 Å². The van der Waals surface area contributed by atoms with E-state index >= 15 is 0 Å². The van der Waals surface area contributed by atoms with E-state index in [4.69, 9.17) is 0 Å². The number of carbonyl (C=O) groups excluding carboxylic acids is 1. The van der Waals surface area contributed by atoms with Crippen molar-refractivity contribution >= 4 is 5.97 Å². The van der Waals surface area contributed by atoms with Crippen molar-refractivity contribution in [2.75, 3.05) is 13.7 Å². The summed E-state index contributed by atoms with van der Waals surface area (Å²) in [5.74, 6) is -0.191. The molecule has 16 heavy (non-hydrogen) atoms. The van der Waals surface area contributed by atoms with Crippen LogP contribution in [0.4, 0.5) is 0 Å². The Kier molecular flexibility index (Phi) is 4.98. The normalized spacial score (nSPS) is 12.4. The number of methoxy groups -OCH3 is 1. The highest BCUT2D eigenvalue weighted by Crippen LogP contribution is 2.10. The quantitative estimate of drug-likeness (QED) is 0.737. The van der Waals surface area contributed by atoms with Crippen LogP contribution in [0.1, 0.15) is 31.9 Å². The van der Waals surface area contributed by atoms with Gasteiger partial charge in [-0.3, -0.25) is 9.48 Å². The van der Waals surface area contributed by atoms with Crippen LogP contribution in [-0.2, 0) is 16.1 Å². The topological polar surface area (TPSA) is 56.2 Å². The van der Waals surface area contributed by atoms with Crippen LogP contribution >= 0.6 is 0 Å². The van der Waals surface area contributed by atoms with E-state index in [0.717, 1.165) is 12.1 Å². The molecule has 0 aliphatic rings. The number of hydrogen-bond donors (Lipinski definition) is 1. The summed E-state index contributed by atoms with van der Waals surface area (Å²) in [6.07, 6.45) is 4.25. The number of aromatic nitrogens is 2. The minimum Gasteiger partial charge on any atom is -0.469 e. The Morgan fingerprint density at radius 2 is 2.44 bits per heavy atom. The van der Waals surface area contributed by atoms with Gasteiger partial charge in [0.05, 0.1) is 19.7 Å². The summed E-state index contributed by atoms with van der Waals surface area (Å²) in [6, 6.07) is 0.199. The maximum Gasteiger partial charge on any atom is 0.306 e. The second-order valence-electron chi connectivity index (χ2n) is 3.63. The molecular weight excluding hydrogens is 206 g/mol. The molecule has 0 aromatic carbocycles. The molecule has 0 aliphatic carbocycles. The van der Waals surface area contributed by atoms with Crippen molar-refractivity contribution in [3.05, 3.63) is 18.0 Å². The van der Waals surface area contributed by atoms with E-state index < -0.39 is 0 Å². The van der Waals surface area contributed by atoms with E-state index in [9.17, 15) is 4.79 Å². The molecule has 0 fully saturated rings. The Balaban J connectivity index is 2.34. The zero-order valence-electron chi connectivity index (χ0n) is 10.1. The molecule has 0 bridgehead atoms. The molecular formula is C11H19N3O2. The molecule has 1 atom stereocenters. The highest BCUT2D eigenvalue weighted by molar-refractivity contribution is 5.69. The van der Waals surface area contributed by atoms with Gasteiger partial charge in [0.2, 0.25) is 0 Å². The minimum absolute atomic E-state index is 0.191. The second kappa shape index (κ2) is 6.27. The van der Waals surface area contributed by atoms with Gasteiger partial charge in [0.1, 0.15) is 0 Å². The Morgan fingerprint density at radius 3 is 3.00 bits per heavy atom. The second-order valence-corrected chi connectivity index (χ2v) is 3.63. The summed E-state index contributed by atoms with van der Waals surface area (Å²) in [7, 11) is 1.40. The number of nitrogens with one attached hydrogen (secondary N) is 1. The molecule has 0 saturated carbocycles. The van der Waals surface area contributed by atoms with E-state index in [1.54, 1.807) is 0 Å². The highest BCUT2D eigenvalue weighted by Gasteiger charge is 2.08. The molecule has 1 unspecified atom stereocenters. The summed E-state index contributed by atoms with van der Waals surface area (Å²) in [5, 5.41) is 7.45. The van der Waals surface area contributed by atoms with Crippen molar-refractivity contribution in [3.8, 4) is 0 Å². The van der Waals surface area contributed by atoms with Crippen LogP contribution in [0.3, 0.4) is 0 Å². The zero-order chi connectivity index (χ0) is 12.0. The third kappa shape index (κ3) is 3.66. The molecule has 5 nitrogen and oxygen atoms in total. The highest BCUT2D eigenvalue weighted by atomic mass is 16.5. The minimum atomic E-state index is -0.191. The van der Waals surface area contributed by atoms with Crippen LogP contribution in [0, 0.1) is 0 Å². The number of rotatable bonds is 6. The van der Waals surface area contributed by atoms with Crippen molar-refractivity contribution in [1.82, 2.24) is 15.1 Å². The Labute approximate surface area is 95.8 Å². The first-order valence-corrected chi connectivity index (χ1v) is 5.50. The van der Waals surface area contributed by atoms with Gasteiger partial charge in [0.25, 0.3) is 0 Å². The van der Waals surface area contributed by atoms with Crippen molar-refractivity contribution in [2.24, 2.45) is 0 Å². The van der Waals surface area contributed by atoms with Crippen LogP contribution in [-0.4, -0.2) is 29.4 Å². The summed E-state index contributed by atoms with van der Waals surface area (Å²) in [6.45, 7) is 5.58. The van der Waals surface area contributed by atoms with E-state index in [1.807, 2.05) is 30.9 Å². The third-order valence-corrected chi connectivity index (χ3v) is 2.48. The van der Waals surface area contributed by atoms with Gasteiger partial charge in [-0.15, -0.1) is 0 Å². The third-order valence-electron chi connectivity index (χ3n) is 2.48. The summed E-state index contributed by atoms with van der Waals surface area (Å²) < 4.78 is 6.45. The van der Waals surface area contributed by atoms with Gasteiger partial charge in [-0.25, -0.2) is 0 Å². The van der Waals surface area contributed by atoms with Crippen LogP contribution in [0.2, 0.25) is 0 Å². The summed E-state index contributed by atoms with van der Waals surface area (Å²) in [5.41, 5.74) is 1.13. The molecule has 5 heteroatoms. The molecule has 0 amide bonds. The maximum absolute atomic E-state index is 10.9. The van der Waals surface area contributed by atoms with Gasteiger partial charge >= 0.3 is 5.97 Å². The molecule has 0 aliphatic heterocycles. The smallest absolute Gasteiger partial charge is 0.306 e. The molecule has 1 rings (SSSR count). The molecule has 0 spiro atoms. The zero-order valence-corrected chi connectivity index (χ0v) is 10.1. The van der Waals surface area contributed by atoms with E-state index in [1.165, 1.54) is 7.11 Å². The fraction of sp³-hybridized carbons (Fsp3) is 0.636. The largest absolute Gasteiger partial charge is 0.469 e. The van der Waals surface area contributed by atoms with E-state index in [0.29, 0.717) is 13.0 Å². The Hall–Kier alpha value is -1.36. The van der Waals surface area contributed by atoms with Crippen LogP contribution in [0.25, 0.3) is 0 Å². The van der Waals surface area contributed by atoms with Crippen LogP contribution in [0.15, 0.2) is 12.4 Å². The molecule has 1 N–H and O–H groups in total. The van der Waals surface area contributed by atoms with E-state index in [-0.39, 0.29) is 12.0 Å². The number of nitrogens with zero attached hydrogens (tertiary/aromatic N) is 2. The van der Waals surface area contributed by atoms with Gasteiger partial charge < -0.3 is 10.1 Å². The lowest BCUT2D eigenvalue weighted by Crippen LogP contribution is -2.22. The number of carbonyl (C=O) groups is 1. The number of aryl methyl sites for hydroxylation is 1. The lowest BCUT2D eigenvalue weighted by molar-refractivity contribution is -0.140. The molecule has 1 aromatic rings. The Morgan fingerprint density at radius 1 is 1.69 bits per heavy atom.